The molecule has 0 aliphatic carbocycles. The fraction of sp³-hybridized carbons (Fsp3) is 0.500. The molecule has 0 bridgehead atoms. The van der Waals surface area contributed by atoms with Crippen LogP contribution in [-0.2, 0) is 0 Å². The van der Waals surface area contributed by atoms with Gasteiger partial charge in [-0.05, 0) is 31.0 Å². The summed E-state index contributed by atoms with van der Waals surface area (Å²) in [6.45, 7) is 3.80. The molecule has 1 aromatic rings. The molecular formula is C16H22N2O2. The third kappa shape index (κ3) is 3.38. The third-order valence-corrected chi connectivity index (χ3v) is 3.44. The van der Waals surface area contributed by atoms with Gasteiger partial charge in [0.05, 0.1) is 7.11 Å². The first-order valence-electron chi connectivity index (χ1n) is 7.26. The predicted octanol–water partition coefficient (Wildman–Crippen LogP) is 2.81. The van der Waals surface area contributed by atoms with E-state index in [1.807, 2.05) is 18.2 Å². The summed E-state index contributed by atoms with van der Waals surface area (Å²) in [6.07, 6.45) is 3.57. The minimum atomic E-state index is 0.180. The Morgan fingerprint density at radius 1 is 1.45 bits per heavy atom. The SMILES string of the molecule is CCCCC(=O)c1ccc(OC)cc1C1=NCCCN1. The lowest BCUT2D eigenvalue weighted by atomic mass is 9.98. The topological polar surface area (TPSA) is 50.7 Å². The molecule has 1 N–H and O–H groups in total. The fourth-order valence-corrected chi connectivity index (χ4v) is 2.27. The van der Waals surface area contributed by atoms with Crippen LogP contribution >= 0.6 is 0 Å². The molecule has 0 unspecified atom stereocenters. The lowest BCUT2D eigenvalue weighted by Gasteiger charge is -2.18. The number of Topliss-reactive ketones (excluding diaryl/α,β-unsaturated/α-hetero) is 1. The molecule has 2 rings (SSSR count). The normalized spacial score (nSPS) is 14.4. The number of unbranched alkanes of at least 4 members (excludes halogenated alkanes) is 1. The van der Waals surface area contributed by atoms with Gasteiger partial charge in [-0.2, -0.15) is 0 Å². The molecule has 0 atom stereocenters. The summed E-state index contributed by atoms with van der Waals surface area (Å²) in [5, 5.41) is 3.28. The second-order valence-corrected chi connectivity index (χ2v) is 4.95. The average Bonchev–Trinajstić information content (AvgIpc) is 2.52. The van der Waals surface area contributed by atoms with Gasteiger partial charge in [0.25, 0.3) is 0 Å². The third-order valence-electron chi connectivity index (χ3n) is 3.44. The minimum absolute atomic E-state index is 0.180. The van der Waals surface area contributed by atoms with E-state index in [0.29, 0.717) is 6.42 Å². The van der Waals surface area contributed by atoms with E-state index in [0.717, 1.165) is 55.1 Å². The molecule has 20 heavy (non-hydrogen) atoms. The molecule has 0 spiro atoms. The lowest BCUT2D eigenvalue weighted by molar-refractivity contribution is 0.0979. The Labute approximate surface area is 120 Å². The largest absolute Gasteiger partial charge is 0.497 e. The summed E-state index contributed by atoms with van der Waals surface area (Å²) in [6, 6.07) is 5.59. The van der Waals surface area contributed by atoms with Crippen molar-refractivity contribution in [2.45, 2.75) is 32.6 Å². The van der Waals surface area contributed by atoms with Crippen LogP contribution in [-0.4, -0.2) is 31.8 Å². The zero-order valence-corrected chi connectivity index (χ0v) is 12.2. The van der Waals surface area contributed by atoms with Crippen LogP contribution in [0.1, 0.15) is 48.5 Å². The molecule has 0 radical (unpaired) electrons. The first-order chi connectivity index (χ1) is 9.76. The molecule has 0 saturated heterocycles. The highest BCUT2D eigenvalue weighted by Crippen LogP contribution is 2.21. The first kappa shape index (κ1) is 14.6. The smallest absolute Gasteiger partial charge is 0.163 e. The number of amidine groups is 1. The second kappa shape index (κ2) is 7.08. The Hall–Kier alpha value is -1.84. The number of hydrogen-bond donors (Lipinski definition) is 1. The van der Waals surface area contributed by atoms with E-state index in [1.54, 1.807) is 7.11 Å². The molecule has 1 aliphatic heterocycles. The second-order valence-electron chi connectivity index (χ2n) is 4.95. The number of benzene rings is 1. The molecule has 0 aromatic heterocycles. The molecule has 1 aromatic carbocycles. The highest BCUT2D eigenvalue weighted by molar-refractivity contribution is 6.10. The summed E-state index contributed by atoms with van der Waals surface area (Å²) in [5.41, 5.74) is 1.61. The zero-order valence-electron chi connectivity index (χ0n) is 12.2. The summed E-state index contributed by atoms with van der Waals surface area (Å²) in [5.74, 6) is 1.75. The van der Waals surface area contributed by atoms with Gasteiger partial charge < -0.3 is 10.1 Å². The van der Waals surface area contributed by atoms with Crippen molar-refractivity contribution >= 4 is 11.6 Å². The van der Waals surface area contributed by atoms with Crippen molar-refractivity contribution in [1.82, 2.24) is 5.32 Å². The molecule has 4 heteroatoms. The van der Waals surface area contributed by atoms with Crippen LogP contribution in [0.5, 0.6) is 5.75 Å². The lowest BCUT2D eigenvalue weighted by Crippen LogP contribution is -2.31. The number of carbonyl (C=O) groups excluding carboxylic acids is 1. The van der Waals surface area contributed by atoms with Gasteiger partial charge in [0.2, 0.25) is 0 Å². The summed E-state index contributed by atoms with van der Waals surface area (Å²) >= 11 is 0. The number of methoxy groups -OCH3 is 1. The van der Waals surface area contributed by atoms with Crippen LogP contribution in [0.25, 0.3) is 0 Å². The van der Waals surface area contributed by atoms with E-state index in [9.17, 15) is 4.79 Å². The Morgan fingerprint density at radius 2 is 2.30 bits per heavy atom. The Morgan fingerprint density at radius 3 is 2.95 bits per heavy atom. The number of carbonyl (C=O) groups is 1. The molecule has 1 aliphatic rings. The molecular weight excluding hydrogens is 252 g/mol. The number of hydrogen-bond acceptors (Lipinski definition) is 4. The van der Waals surface area contributed by atoms with Gasteiger partial charge in [-0.25, -0.2) is 0 Å². The molecule has 1 heterocycles. The van der Waals surface area contributed by atoms with Crippen LogP contribution in [0.2, 0.25) is 0 Å². The van der Waals surface area contributed by atoms with Crippen LogP contribution in [0.15, 0.2) is 23.2 Å². The fourth-order valence-electron chi connectivity index (χ4n) is 2.27. The van der Waals surface area contributed by atoms with Crippen molar-refractivity contribution in [2.75, 3.05) is 20.2 Å². The molecule has 4 nitrogen and oxygen atoms in total. The maximum absolute atomic E-state index is 12.3. The highest BCUT2D eigenvalue weighted by Gasteiger charge is 2.17. The minimum Gasteiger partial charge on any atom is -0.497 e. The molecule has 0 fully saturated rings. The van der Waals surface area contributed by atoms with Gasteiger partial charge in [0.15, 0.2) is 5.78 Å². The van der Waals surface area contributed by atoms with Crippen molar-refractivity contribution in [3.8, 4) is 5.75 Å². The number of rotatable bonds is 6. The van der Waals surface area contributed by atoms with Gasteiger partial charge in [-0.1, -0.05) is 13.3 Å². The summed E-state index contributed by atoms with van der Waals surface area (Å²) in [4.78, 5) is 16.8. The van der Waals surface area contributed by atoms with E-state index in [4.69, 9.17) is 4.74 Å². The quantitative estimate of drug-likeness (QED) is 0.812. The van der Waals surface area contributed by atoms with Gasteiger partial charge in [0, 0.05) is 30.6 Å². The number of ketones is 1. The maximum atomic E-state index is 12.3. The zero-order chi connectivity index (χ0) is 14.4. The van der Waals surface area contributed by atoms with Gasteiger partial charge in [-0.15, -0.1) is 0 Å². The number of aliphatic imine (C=N–C) groups is 1. The highest BCUT2D eigenvalue weighted by atomic mass is 16.5. The first-order valence-corrected chi connectivity index (χ1v) is 7.26. The number of ether oxygens (including phenoxy) is 1. The molecule has 108 valence electrons. The summed E-state index contributed by atoms with van der Waals surface area (Å²) in [7, 11) is 1.63. The van der Waals surface area contributed by atoms with Crippen molar-refractivity contribution in [1.29, 1.82) is 0 Å². The van der Waals surface area contributed by atoms with Gasteiger partial charge in [0.1, 0.15) is 11.6 Å². The molecule has 0 amide bonds. The predicted molar refractivity (Wildman–Crippen MR) is 80.9 cm³/mol. The van der Waals surface area contributed by atoms with Crippen molar-refractivity contribution in [3.05, 3.63) is 29.3 Å². The van der Waals surface area contributed by atoms with Crippen molar-refractivity contribution in [2.24, 2.45) is 4.99 Å². The van der Waals surface area contributed by atoms with E-state index < -0.39 is 0 Å². The van der Waals surface area contributed by atoms with Crippen LogP contribution in [0.3, 0.4) is 0 Å². The number of nitrogens with one attached hydrogen (secondary N) is 1. The van der Waals surface area contributed by atoms with Crippen molar-refractivity contribution < 1.29 is 9.53 Å². The van der Waals surface area contributed by atoms with Crippen LogP contribution in [0.4, 0.5) is 0 Å². The van der Waals surface area contributed by atoms with E-state index >= 15 is 0 Å². The van der Waals surface area contributed by atoms with Gasteiger partial charge in [-0.3, -0.25) is 9.79 Å². The Bertz CT molecular complexity index is 509. The van der Waals surface area contributed by atoms with E-state index in [2.05, 4.69) is 17.2 Å². The van der Waals surface area contributed by atoms with E-state index in [-0.39, 0.29) is 5.78 Å². The summed E-state index contributed by atoms with van der Waals surface area (Å²) < 4.78 is 5.27. The maximum Gasteiger partial charge on any atom is 0.163 e. The van der Waals surface area contributed by atoms with Crippen LogP contribution in [0, 0.1) is 0 Å². The average molecular weight is 274 g/mol. The monoisotopic (exact) mass is 274 g/mol. The van der Waals surface area contributed by atoms with E-state index in [1.165, 1.54) is 0 Å². The number of nitrogens with zero attached hydrogens (tertiary/aromatic N) is 1. The Balaban J connectivity index is 2.34. The Kier molecular flexibility index (Phi) is 5.16. The van der Waals surface area contributed by atoms with Crippen molar-refractivity contribution in [3.63, 3.8) is 0 Å². The van der Waals surface area contributed by atoms with Gasteiger partial charge >= 0.3 is 0 Å². The molecule has 0 saturated carbocycles. The van der Waals surface area contributed by atoms with Crippen LogP contribution < -0.4 is 10.1 Å². The standard InChI is InChI=1S/C16H22N2O2/c1-3-4-6-15(19)13-8-7-12(20-2)11-14(13)16-17-9-5-10-18-16/h7-8,11H,3-6,9-10H2,1-2H3,(H,17,18).